The topological polar surface area (TPSA) is 65.7 Å². The highest BCUT2D eigenvalue weighted by atomic mass is 16.4. The maximum absolute atomic E-state index is 12.7. The lowest BCUT2D eigenvalue weighted by atomic mass is 10.0. The van der Waals surface area contributed by atoms with Crippen LogP contribution >= 0.6 is 0 Å². The zero-order valence-electron chi connectivity index (χ0n) is 15.4. The molecule has 0 aliphatic carbocycles. The summed E-state index contributed by atoms with van der Waals surface area (Å²) < 4.78 is 5.45. The van der Waals surface area contributed by atoms with E-state index < -0.39 is 5.63 Å². The molecule has 0 fully saturated rings. The molecule has 5 nitrogen and oxygen atoms in total. The normalized spacial score (nSPS) is 15.9. The fourth-order valence-electron chi connectivity index (χ4n) is 3.69. The summed E-state index contributed by atoms with van der Waals surface area (Å²) in [6.45, 7) is 0. The molecule has 142 valence electrons. The Morgan fingerprint density at radius 2 is 1.52 bits per heavy atom. The summed E-state index contributed by atoms with van der Waals surface area (Å²) in [5.74, 6) is -0.0858. The summed E-state index contributed by atoms with van der Waals surface area (Å²) >= 11 is 0. The zero-order valence-corrected chi connectivity index (χ0v) is 15.4. The summed E-state index contributed by atoms with van der Waals surface area (Å²) in [6.07, 6.45) is 1.93. The summed E-state index contributed by atoms with van der Waals surface area (Å²) in [4.78, 5) is 12.7. The van der Waals surface area contributed by atoms with Crippen molar-refractivity contribution in [1.29, 1.82) is 0 Å². The third-order valence-electron chi connectivity index (χ3n) is 5.07. The van der Waals surface area contributed by atoms with Gasteiger partial charge in [-0.3, -0.25) is 10.4 Å². The molecular weight excluding hydrogens is 364 g/mol. The Hall–Kier alpha value is -3.99. The highest BCUT2D eigenvalue weighted by Gasteiger charge is 2.30. The standard InChI is InChI=1S/C24H18N2O3/c27-23-18-13-7-8-14-21(18)29-24(28)22(23)19-15-20(16-9-3-1-4-10-16)26(25-19)17-11-5-2-6-12-17/h1-15,20,25,27H. The molecular formula is C24H18N2O3. The van der Waals surface area contributed by atoms with Crippen molar-refractivity contribution in [3.63, 3.8) is 0 Å². The monoisotopic (exact) mass is 382 g/mol. The second-order valence-corrected chi connectivity index (χ2v) is 6.86. The molecule has 5 heteroatoms. The first-order chi connectivity index (χ1) is 14.2. The molecule has 2 N–H and O–H groups in total. The lowest BCUT2D eigenvalue weighted by Gasteiger charge is -2.27. The van der Waals surface area contributed by atoms with Crippen LogP contribution in [0.2, 0.25) is 0 Å². The molecule has 0 amide bonds. The van der Waals surface area contributed by atoms with E-state index in [9.17, 15) is 9.90 Å². The maximum atomic E-state index is 12.7. The minimum atomic E-state index is -0.582. The Morgan fingerprint density at radius 1 is 0.862 bits per heavy atom. The van der Waals surface area contributed by atoms with Crippen LogP contribution < -0.4 is 16.1 Å². The fraction of sp³-hybridized carbons (Fsp3) is 0.0417. The lowest BCUT2D eigenvalue weighted by molar-refractivity contribution is 0.464. The molecule has 1 unspecified atom stereocenters. The molecule has 1 atom stereocenters. The molecule has 4 aromatic rings. The first-order valence-electron chi connectivity index (χ1n) is 9.35. The minimum absolute atomic E-state index is 0.0858. The number of rotatable bonds is 3. The number of hydrazine groups is 1. The molecule has 5 rings (SSSR count). The van der Waals surface area contributed by atoms with Crippen LogP contribution in [0.5, 0.6) is 5.75 Å². The van der Waals surface area contributed by atoms with Crippen LogP contribution in [0, 0.1) is 0 Å². The van der Waals surface area contributed by atoms with Gasteiger partial charge in [-0.25, -0.2) is 4.79 Å². The zero-order chi connectivity index (χ0) is 19.8. The Bertz CT molecular complexity index is 1260. The number of benzene rings is 3. The van der Waals surface area contributed by atoms with Crippen LogP contribution in [0.25, 0.3) is 16.7 Å². The second-order valence-electron chi connectivity index (χ2n) is 6.86. The summed E-state index contributed by atoms with van der Waals surface area (Å²) in [6, 6.07) is 26.6. The molecule has 0 saturated carbocycles. The quantitative estimate of drug-likeness (QED) is 0.507. The van der Waals surface area contributed by atoms with E-state index in [1.807, 2.05) is 71.7 Å². The van der Waals surface area contributed by atoms with Crippen molar-refractivity contribution in [2.75, 3.05) is 5.01 Å². The average molecular weight is 382 g/mol. The van der Waals surface area contributed by atoms with Gasteiger partial charge in [-0.05, 0) is 35.9 Å². The van der Waals surface area contributed by atoms with Gasteiger partial charge in [-0.1, -0.05) is 60.7 Å². The van der Waals surface area contributed by atoms with Crippen LogP contribution in [0.15, 0.2) is 100 Å². The SMILES string of the molecule is O=c1oc2ccccc2c(O)c1C1=CC(c2ccccc2)N(c2ccccc2)N1. The van der Waals surface area contributed by atoms with Crippen molar-refractivity contribution >= 4 is 22.4 Å². The fourth-order valence-corrected chi connectivity index (χ4v) is 3.69. The van der Waals surface area contributed by atoms with Gasteiger partial charge in [-0.15, -0.1) is 0 Å². The number of nitrogens with zero attached hydrogens (tertiary/aromatic N) is 1. The van der Waals surface area contributed by atoms with E-state index in [-0.39, 0.29) is 17.4 Å². The van der Waals surface area contributed by atoms with Crippen LogP contribution in [0.4, 0.5) is 5.69 Å². The van der Waals surface area contributed by atoms with Gasteiger partial charge in [0.05, 0.1) is 22.8 Å². The van der Waals surface area contributed by atoms with Crippen molar-refractivity contribution in [2.24, 2.45) is 0 Å². The predicted molar refractivity (Wildman–Crippen MR) is 113 cm³/mol. The van der Waals surface area contributed by atoms with Crippen molar-refractivity contribution in [2.45, 2.75) is 6.04 Å². The van der Waals surface area contributed by atoms with Crippen LogP contribution in [0.3, 0.4) is 0 Å². The Kier molecular flexibility index (Phi) is 4.06. The molecule has 1 aliphatic rings. The van der Waals surface area contributed by atoms with Crippen molar-refractivity contribution < 1.29 is 9.52 Å². The number of fused-ring (bicyclic) bond motifs is 1. The van der Waals surface area contributed by atoms with Crippen LogP contribution in [0.1, 0.15) is 17.2 Å². The number of aromatic hydroxyl groups is 1. The molecule has 0 radical (unpaired) electrons. The molecule has 0 bridgehead atoms. The van der Waals surface area contributed by atoms with E-state index in [0.29, 0.717) is 16.7 Å². The lowest BCUT2D eigenvalue weighted by Crippen LogP contribution is -2.34. The van der Waals surface area contributed by atoms with Gasteiger partial charge in [0.1, 0.15) is 16.9 Å². The molecule has 3 aromatic carbocycles. The van der Waals surface area contributed by atoms with Gasteiger partial charge in [0.2, 0.25) is 0 Å². The highest BCUT2D eigenvalue weighted by Crippen LogP contribution is 2.37. The Labute approximate surface area is 167 Å². The first kappa shape index (κ1) is 17.1. The summed E-state index contributed by atoms with van der Waals surface area (Å²) in [7, 11) is 0. The number of hydrogen-bond donors (Lipinski definition) is 2. The maximum Gasteiger partial charge on any atom is 0.349 e. The minimum Gasteiger partial charge on any atom is -0.506 e. The van der Waals surface area contributed by atoms with Crippen molar-refractivity contribution in [1.82, 2.24) is 5.43 Å². The highest BCUT2D eigenvalue weighted by molar-refractivity contribution is 5.89. The molecule has 1 aromatic heterocycles. The number of para-hydroxylation sites is 2. The number of nitrogens with one attached hydrogen (secondary N) is 1. The number of hydrogen-bond acceptors (Lipinski definition) is 5. The molecule has 2 heterocycles. The van der Waals surface area contributed by atoms with E-state index in [4.69, 9.17) is 4.42 Å². The van der Waals surface area contributed by atoms with Gasteiger partial charge in [-0.2, -0.15) is 0 Å². The third-order valence-corrected chi connectivity index (χ3v) is 5.07. The van der Waals surface area contributed by atoms with Crippen molar-refractivity contribution in [3.05, 3.63) is 113 Å². The summed E-state index contributed by atoms with van der Waals surface area (Å²) in [5, 5.41) is 13.3. The first-order valence-corrected chi connectivity index (χ1v) is 9.35. The molecule has 29 heavy (non-hydrogen) atoms. The van der Waals surface area contributed by atoms with E-state index in [2.05, 4.69) is 5.43 Å². The molecule has 0 spiro atoms. The van der Waals surface area contributed by atoms with E-state index in [1.165, 1.54) is 0 Å². The van der Waals surface area contributed by atoms with Gasteiger partial charge in [0.25, 0.3) is 0 Å². The smallest absolute Gasteiger partial charge is 0.349 e. The third kappa shape index (κ3) is 2.93. The van der Waals surface area contributed by atoms with Crippen LogP contribution in [-0.4, -0.2) is 5.11 Å². The van der Waals surface area contributed by atoms with Crippen molar-refractivity contribution in [3.8, 4) is 5.75 Å². The Morgan fingerprint density at radius 3 is 2.28 bits per heavy atom. The predicted octanol–water partition coefficient (Wildman–Crippen LogP) is 4.61. The number of anilines is 1. The largest absolute Gasteiger partial charge is 0.506 e. The van der Waals surface area contributed by atoms with Gasteiger partial charge in [0, 0.05) is 0 Å². The Balaban J connectivity index is 1.66. The van der Waals surface area contributed by atoms with Gasteiger partial charge < -0.3 is 9.52 Å². The van der Waals surface area contributed by atoms with E-state index in [0.717, 1.165) is 11.3 Å². The van der Waals surface area contributed by atoms with E-state index in [1.54, 1.807) is 24.3 Å². The molecule has 1 aliphatic heterocycles. The summed E-state index contributed by atoms with van der Waals surface area (Å²) in [5.41, 5.74) is 5.71. The second kappa shape index (κ2) is 6.87. The molecule has 0 saturated heterocycles. The van der Waals surface area contributed by atoms with Gasteiger partial charge in [0.15, 0.2) is 0 Å². The van der Waals surface area contributed by atoms with Gasteiger partial charge >= 0.3 is 5.63 Å². The van der Waals surface area contributed by atoms with E-state index >= 15 is 0 Å². The average Bonchev–Trinajstić information content (AvgIpc) is 3.20. The van der Waals surface area contributed by atoms with Crippen LogP contribution in [-0.2, 0) is 0 Å².